The summed E-state index contributed by atoms with van der Waals surface area (Å²) >= 11 is 15.4. The number of rotatable bonds is 7. The van der Waals surface area contributed by atoms with Crippen LogP contribution in [0.2, 0.25) is 9.36 Å². The minimum Gasteiger partial charge on any atom is -0.340 e. The molecule has 3 aromatic rings. The van der Waals surface area contributed by atoms with E-state index in [1.165, 1.54) is 35.9 Å². The summed E-state index contributed by atoms with van der Waals surface area (Å²) in [7, 11) is 1.81. The van der Waals surface area contributed by atoms with Gasteiger partial charge in [-0.3, -0.25) is 9.36 Å². The zero-order valence-corrected chi connectivity index (χ0v) is 19.7. The predicted molar refractivity (Wildman–Crippen MR) is 125 cm³/mol. The van der Waals surface area contributed by atoms with Crippen LogP contribution in [0, 0.1) is 0 Å². The molecule has 5 nitrogen and oxygen atoms in total. The van der Waals surface area contributed by atoms with Crippen molar-refractivity contribution in [3.63, 3.8) is 0 Å². The van der Waals surface area contributed by atoms with Crippen LogP contribution < -0.4 is 0 Å². The number of benzene rings is 1. The first-order chi connectivity index (χ1) is 14.5. The van der Waals surface area contributed by atoms with Gasteiger partial charge in [0.2, 0.25) is 5.91 Å². The van der Waals surface area contributed by atoms with Crippen LogP contribution in [0.25, 0.3) is 11.4 Å². The molecule has 0 radical (unpaired) electrons. The SMILES string of the molecule is CN(Cc1ccc(Cl)s1)C(=O)CSc1nnc(-c2ccccc2Cl)n1C1CCCC1. The number of carbonyl (C=O) groups is 1. The largest absolute Gasteiger partial charge is 0.340 e. The van der Waals surface area contributed by atoms with E-state index >= 15 is 0 Å². The lowest BCUT2D eigenvalue weighted by Gasteiger charge is -2.18. The van der Waals surface area contributed by atoms with Gasteiger partial charge in [-0.25, -0.2) is 0 Å². The molecule has 0 aliphatic heterocycles. The normalized spacial score (nSPS) is 14.4. The lowest BCUT2D eigenvalue weighted by atomic mass is 10.2. The Morgan fingerprint density at radius 2 is 1.97 bits per heavy atom. The fourth-order valence-corrected chi connectivity index (χ4v) is 6.00. The van der Waals surface area contributed by atoms with Crippen LogP contribution in [0.4, 0.5) is 0 Å². The molecule has 1 amide bonds. The molecule has 2 heterocycles. The third-order valence-electron chi connectivity index (χ3n) is 5.24. The first-order valence-electron chi connectivity index (χ1n) is 9.83. The Morgan fingerprint density at radius 3 is 2.67 bits per heavy atom. The van der Waals surface area contributed by atoms with Crippen molar-refractivity contribution < 1.29 is 4.79 Å². The van der Waals surface area contributed by atoms with Crippen molar-refractivity contribution >= 4 is 52.2 Å². The van der Waals surface area contributed by atoms with Crippen LogP contribution in [0.1, 0.15) is 36.6 Å². The van der Waals surface area contributed by atoms with Gasteiger partial charge in [0.05, 0.1) is 21.7 Å². The van der Waals surface area contributed by atoms with Crippen LogP contribution in [-0.4, -0.2) is 38.4 Å². The lowest BCUT2D eigenvalue weighted by Crippen LogP contribution is -2.27. The van der Waals surface area contributed by atoms with E-state index in [9.17, 15) is 4.79 Å². The maximum absolute atomic E-state index is 12.7. The molecule has 1 fully saturated rings. The number of amides is 1. The van der Waals surface area contributed by atoms with Crippen molar-refractivity contribution in [2.45, 2.75) is 43.4 Å². The lowest BCUT2D eigenvalue weighted by molar-refractivity contribution is -0.127. The highest BCUT2D eigenvalue weighted by Crippen LogP contribution is 2.38. The van der Waals surface area contributed by atoms with Gasteiger partial charge in [0.25, 0.3) is 0 Å². The minimum atomic E-state index is 0.0461. The Hall–Kier alpha value is -1.54. The van der Waals surface area contributed by atoms with Crippen molar-refractivity contribution in [2.24, 2.45) is 0 Å². The monoisotopic (exact) mass is 480 g/mol. The van der Waals surface area contributed by atoms with Crippen molar-refractivity contribution in [1.29, 1.82) is 0 Å². The number of thiophene rings is 1. The predicted octanol–water partition coefficient (Wildman–Crippen LogP) is 6.18. The molecule has 1 aromatic carbocycles. The second-order valence-corrected chi connectivity index (χ2v) is 10.5. The van der Waals surface area contributed by atoms with Crippen LogP contribution in [0.5, 0.6) is 0 Å². The molecule has 0 unspecified atom stereocenters. The highest BCUT2D eigenvalue weighted by atomic mass is 35.5. The third kappa shape index (κ3) is 4.85. The standard InChI is InChI=1S/C21H22Cl2N4OS2/c1-26(12-15-10-11-18(23)30-15)19(28)13-29-21-25-24-20(16-8-4-5-9-17(16)22)27(21)14-6-2-3-7-14/h4-5,8-11,14H,2-3,6-7,12-13H2,1H3. The Labute approximate surface area is 194 Å². The van der Waals surface area contributed by atoms with Gasteiger partial charge >= 0.3 is 0 Å². The van der Waals surface area contributed by atoms with Crippen molar-refractivity contribution in [3.8, 4) is 11.4 Å². The fourth-order valence-electron chi connectivity index (χ4n) is 3.69. The van der Waals surface area contributed by atoms with E-state index < -0.39 is 0 Å². The van der Waals surface area contributed by atoms with Gasteiger partial charge in [-0.2, -0.15) is 0 Å². The number of carbonyl (C=O) groups excluding carboxylic acids is 1. The molecule has 0 atom stereocenters. The molecule has 1 aliphatic carbocycles. The van der Waals surface area contributed by atoms with E-state index in [-0.39, 0.29) is 5.91 Å². The van der Waals surface area contributed by atoms with E-state index in [0.29, 0.717) is 23.4 Å². The van der Waals surface area contributed by atoms with Crippen molar-refractivity contribution in [3.05, 3.63) is 50.6 Å². The van der Waals surface area contributed by atoms with Crippen molar-refractivity contribution in [1.82, 2.24) is 19.7 Å². The molecule has 1 saturated carbocycles. The Kier molecular flexibility index (Phi) is 7.03. The molecule has 0 N–H and O–H groups in total. The number of nitrogens with zero attached hydrogens (tertiary/aromatic N) is 4. The van der Waals surface area contributed by atoms with E-state index in [2.05, 4.69) is 14.8 Å². The Morgan fingerprint density at radius 1 is 1.20 bits per heavy atom. The molecule has 0 saturated heterocycles. The first-order valence-corrected chi connectivity index (χ1v) is 12.4. The van der Waals surface area contributed by atoms with Gasteiger partial charge in [0, 0.05) is 23.5 Å². The second-order valence-electron chi connectivity index (χ2n) is 7.34. The van der Waals surface area contributed by atoms with Crippen LogP contribution in [0.15, 0.2) is 41.6 Å². The molecule has 9 heteroatoms. The molecular weight excluding hydrogens is 459 g/mol. The van der Waals surface area contributed by atoms with Gasteiger partial charge in [0.15, 0.2) is 11.0 Å². The molecule has 4 rings (SSSR count). The molecule has 30 heavy (non-hydrogen) atoms. The summed E-state index contributed by atoms with van der Waals surface area (Å²) in [6.07, 6.45) is 4.58. The number of hydrogen-bond donors (Lipinski definition) is 0. The molecule has 158 valence electrons. The number of thioether (sulfide) groups is 1. The fraction of sp³-hybridized carbons (Fsp3) is 0.381. The minimum absolute atomic E-state index is 0.0461. The highest BCUT2D eigenvalue weighted by molar-refractivity contribution is 7.99. The quantitative estimate of drug-likeness (QED) is 0.378. The van der Waals surface area contributed by atoms with Gasteiger partial charge < -0.3 is 4.90 Å². The van der Waals surface area contributed by atoms with Crippen molar-refractivity contribution in [2.75, 3.05) is 12.8 Å². The number of hydrogen-bond acceptors (Lipinski definition) is 5. The topological polar surface area (TPSA) is 51.0 Å². The van der Waals surface area contributed by atoms with E-state index in [1.54, 1.807) is 4.90 Å². The summed E-state index contributed by atoms with van der Waals surface area (Å²) in [6, 6.07) is 11.9. The summed E-state index contributed by atoms with van der Waals surface area (Å²) in [4.78, 5) is 15.5. The van der Waals surface area contributed by atoms with Gasteiger partial charge in [0.1, 0.15) is 0 Å². The smallest absolute Gasteiger partial charge is 0.233 e. The summed E-state index contributed by atoms with van der Waals surface area (Å²) in [5.74, 6) is 1.14. The van der Waals surface area contributed by atoms with Gasteiger partial charge in [-0.1, -0.05) is 59.9 Å². The van der Waals surface area contributed by atoms with Crippen LogP contribution in [-0.2, 0) is 11.3 Å². The Bertz CT molecular complexity index is 1030. The zero-order chi connectivity index (χ0) is 21.1. The Balaban J connectivity index is 1.51. The van der Waals surface area contributed by atoms with E-state index in [4.69, 9.17) is 23.2 Å². The zero-order valence-electron chi connectivity index (χ0n) is 16.6. The number of aromatic nitrogens is 3. The van der Waals surface area contributed by atoms with E-state index in [1.807, 2.05) is 43.4 Å². The van der Waals surface area contributed by atoms with Crippen LogP contribution >= 0.6 is 46.3 Å². The third-order valence-corrected chi connectivity index (χ3v) is 7.71. The first kappa shape index (κ1) is 21.7. The summed E-state index contributed by atoms with van der Waals surface area (Å²) in [6.45, 7) is 0.553. The van der Waals surface area contributed by atoms with Crippen LogP contribution in [0.3, 0.4) is 0 Å². The second kappa shape index (κ2) is 9.73. The van der Waals surface area contributed by atoms with Gasteiger partial charge in [-0.15, -0.1) is 21.5 Å². The highest BCUT2D eigenvalue weighted by Gasteiger charge is 2.26. The average molecular weight is 481 g/mol. The summed E-state index contributed by atoms with van der Waals surface area (Å²) in [5.41, 5.74) is 0.878. The average Bonchev–Trinajstić information content (AvgIpc) is 3.47. The number of halogens is 2. The van der Waals surface area contributed by atoms with Gasteiger partial charge in [-0.05, 0) is 37.1 Å². The maximum atomic E-state index is 12.7. The molecular formula is C21H22Cl2N4OS2. The molecule has 2 aromatic heterocycles. The summed E-state index contributed by atoms with van der Waals surface area (Å²) < 4.78 is 2.92. The maximum Gasteiger partial charge on any atom is 0.233 e. The summed E-state index contributed by atoms with van der Waals surface area (Å²) in [5, 5.41) is 10.3. The molecule has 0 bridgehead atoms. The molecule has 1 aliphatic rings. The molecule has 0 spiro atoms. The van der Waals surface area contributed by atoms with E-state index in [0.717, 1.165) is 38.6 Å².